The molecule has 0 saturated carbocycles. The van der Waals surface area contributed by atoms with E-state index in [1.807, 2.05) is 0 Å². The molecule has 15 heavy (non-hydrogen) atoms. The van der Waals surface area contributed by atoms with E-state index in [4.69, 9.17) is 15.3 Å². The second-order valence-corrected chi connectivity index (χ2v) is 3.21. The Kier molecular flexibility index (Phi) is 2.39. The van der Waals surface area contributed by atoms with Crippen molar-refractivity contribution in [3.8, 4) is 0 Å². The van der Waals surface area contributed by atoms with Gasteiger partial charge in [-0.1, -0.05) is 6.07 Å². The highest BCUT2D eigenvalue weighted by Gasteiger charge is 2.18. The molecule has 78 valence electrons. The minimum absolute atomic E-state index is 0.0681. The summed E-state index contributed by atoms with van der Waals surface area (Å²) in [5, 5.41) is 8.93. The number of hydrogen-bond donors (Lipinski definition) is 2. The molecule has 0 aliphatic carbocycles. The van der Waals surface area contributed by atoms with Crippen molar-refractivity contribution in [1.82, 2.24) is 4.98 Å². The molecule has 0 bridgehead atoms. The number of carboxylic acids is 1. The van der Waals surface area contributed by atoms with Crippen molar-refractivity contribution >= 4 is 17.1 Å². The fraction of sp³-hybridized carbons (Fsp3) is 0.200. The van der Waals surface area contributed by atoms with Crippen LogP contribution in [0.15, 0.2) is 29.0 Å². The van der Waals surface area contributed by atoms with Crippen LogP contribution in [0, 0.1) is 0 Å². The number of carboxylic acid groups (broad SMARTS) is 1. The summed E-state index contributed by atoms with van der Waals surface area (Å²) in [4.78, 5) is 14.8. The monoisotopic (exact) mass is 206 g/mol. The van der Waals surface area contributed by atoms with Crippen molar-refractivity contribution in [2.24, 2.45) is 5.73 Å². The van der Waals surface area contributed by atoms with Gasteiger partial charge in [0.05, 0.1) is 5.92 Å². The van der Waals surface area contributed by atoms with Gasteiger partial charge in [0.1, 0.15) is 5.52 Å². The molecule has 1 aromatic carbocycles. The average molecular weight is 206 g/mol. The lowest BCUT2D eigenvalue weighted by molar-refractivity contribution is -0.138. The van der Waals surface area contributed by atoms with Crippen LogP contribution in [0.2, 0.25) is 0 Å². The van der Waals surface area contributed by atoms with Crippen LogP contribution in [0.3, 0.4) is 0 Å². The van der Waals surface area contributed by atoms with Gasteiger partial charge in [-0.05, 0) is 17.7 Å². The van der Waals surface area contributed by atoms with Crippen molar-refractivity contribution in [1.29, 1.82) is 0 Å². The van der Waals surface area contributed by atoms with Crippen LogP contribution in [-0.2, 0) is 4.79 Å². The number of rotatable bonds is 3. The first-order valence-electron chi connectivity index (χ1n) is 4.48. The Bertz CT molecular complexity index is 492. The molecule has 0 amide bonds. The smallest absolute Gasteiger partial charge is 0.312 e. The molecule has 1 atom stereocenters. The van der Waals surface area contributed by atoms with Crippen LogP contribution < -0.4 is 5.73 Å². The molecule has 5 nitrogen and oxygen atoms in total. The fourth-order valence-corrected chi connectivity index (χ4v) is 1.47. The first-order valence-corrected chi connectivity index (χ1v) is 4.48. The number of nitrogens with two attached hydrogens (primary N) is 1. The minimum Gasteiger partial charge on any atom is -0.481 e. The van der Waals surface area contributed by atoms with Crippen molar-refractivity contribution in [2.45, 2.75) is 5.92 Å². The van der Waals surface area contributed by atoms with E-state index >= 15 is 0 Å². The highest BCUT2D eigenvalue weighted by atomic mass is 16.4. The number of fused-ring (bicyclic) bond motifs is 1. The minimum atomic E-state index is -0.930. The molecule has 0 fully saturated rings. The fourth-order valence-electron chi connectivity index (χ4n) is 1.47. The van der Waals surface area contributed by atoms with Crippen molar-refractivity contribution in [3.63, 3.8) is 0 Å². The molecule has 0 spiro atoms. The standard InChI is InChI=1S/C10H10N2O3/c11-4-7(10(13)14)6-1-2-9-8(3-6)12-5-15-9/h1-3,5,7H,4,11H2,(H,13,14). The Morgan fingerprint density at radius 3 is 3.07 bits per heavy atom. The van der Waals surface area contributed by atoms with Gasteiger partial charge in [0.2, 0.25) is 0 Å². The molecule has 2 aromatic rings. The highest BCUT2D eigenvalue weighted by Crippen LogP contribution is 2.20. The van der Waals surface area contributed by atoms with Crippen LogP contribution >= 0.6 is 0 Å². The van der Waals surface area contributed by atoms with Gasteiger partial charge in [0.15, 0.2) is 12.0 Å². The van der Waals surface area contributed by atoms with E-state index in [0.29, 0.717) is 16.7 Å². The lowest BCUT2D eigenvalue weighted by Crippen LogP contribution is -2.20. The van der Waals surface area contributed by atoms with E-state index in [1.165, 1.54) is 6.39 Å². The summed E-state index contributed by atoms with van der Waals surface area (Å²) in [7, 11) is 0. The van der Waals surface area contributed by atoms with Crippen LogP contribution in [0.25, 0.3) is 11.1 Å². The first-order chi connectivity index (χ1) is 7.22. The van der Waals surface area contributed by atoms with Crippen molar-refractivity contribution in [3.05, 3.63) is 30.2 Å². The van der Waals surface area contributed by atoms with Crippen LogP contribution in [0.5, 0.6) is 0 Å². The van der Waals surface area contributed by atoms with Gasteiger partial charge in [0.25, 0.3) is 0 Å². The number of carbonyl (C=O) groups is 1. The zero-order chi connectivity index (χ0) is 10.8. The van der Waals surface area contributed by atoms with Gasteiger partial charge in [-0.15, -0.1) is 0 Å². The van der Waals surface area contributed by atoms with Crippen LogP contribution in [-0.4, -0.2) is 22.6 Å². The number of aromatic nitrogens is 1. The predicted octanol–water partition coefficient (Wildman–Crippen LogP) is 0.955. The summed E-state index contributed by atoms with van der Waals surface area (Å²) in [5.74, 6) is -1.62. The molecule has 0 aliphatic rings. The molecule has 5 heteroatoms. The van der Waals surface area contributed by atoms with Gasteiger partial charge in [-0.2, -0.15) is 0 Å². The Balaban J connectivity index is 2.46. The Labute approximate surface area is 85.5 Å². The van der Waals surface area contributed by atoms with E-state index < -0.39 is 11.9 Å². The Morgan fingerprint density at radius 2 is 2.40 bits per heavy atom. The normalized spacial score (nSPS) is 12.9. The highest BCUT2D eigenvalue weighted by molar-refractivity contribution is 5.80. The second-order valence-electron chi connectivity index (χ2n) is 3.21. The molecule has 0 aliphatic heterocycles. The average Bonchev–Trinajstić information content (AvgIpc) is 2.65. The lowest BCUT2D eigenvalue weighted by Gasteiger charge is -2.08. The van der Waals surface area contributed by atoms with Crippen molar-refractivity contribution in [2.75, 3.05) is 6.54 Å². The van der Waals surface area contributed by atoms with E-state index in [9.17, 15) is 4.79 Å². The van der Waals surface area contributed by atoms with Crippen LogP contribution in [0.4, 0.5) is 0 Å². The molecule has 1 aromatic heterocycles. The van der Waals surface area contributed by atoms with Gasteiger partial charge < -0.3 is 15.3 Å². The quantitative estimate of drug-likeness (QED) is 0.780. The third-order valence-electron chi connectivity index (χ3n) is 2.29. The van der Waals surface area contributed by atoms with Crippen molar-refractivity contribution < 1.29 is 14.3 Å². The number of nitrogens with zero attached hydrogens (tertiary/aromatic N) is 1. The van der Waals surface area contributed by atoms with Gasteiger partial charge in [-0.25, -0.2) is 4.98 Å². The molecule has 0 saturated heterocycles. The molecule has 2 rings (SSSR count). The molecule has 0 radical (unpaired) electrons. The lowest BCUT2D eigenvalue weighted by atomic mass is 9.99. The third-order valence-corrected chi connectivity index (χ3v) is 2.29. The Morgan fingerprint density at radius 1 is 1.60 bits per heavy atom. The number of benzene rings is 1. The number of oxazole rings is 1. The zero-order valence-electron chi connectivity index (χ0n) is 7.88. The van der Waals surface area contributed by atoms with E-state index in [2.05, 4.69) is 4.98 Å². The number of aliphatic carboxylic acids is 1. The maximum Gasteiger partial charge on any atom is 0.312 e. The van der Waals surface area contributed by atoms with Gasteiger partial charge in [0, 0.05) is 6.54 Å². The molecule has 1 heterocycles. The summed E-state index contributed by atoms with van der Waals surface area (Å²) >= 11 is 0. The SMILES string of the molecule is NCC(C(=O)O)c1ccc2ocnc2c1. The first kappa shape index (κ1) is 9.67. The summed E-state index contributed by atoms with van der Waals surface area (Å²) in [5.41, 5.74) is 7.33. The van der Waals surface area contributed by atoms with E-state index in [0.717, 1.165) is 0 Å². The second kappa shape index (κ2) is 3.70. The Hall–Kier alpha value is -1.88. The third kappa shape index (κ3) is 1.69. The van der Waals surface area contributed by atoms with E-state index in [-0.39, 0.29) is 6.54 Å². The van der Waals surface area contributed by atoms with Gasteiger partial charge >= 0.3 is 5.97 Å². The molecule has 1 unspecified atom stereocenters. The predicted molar refractivity (Wildman–Crippen MR) is 53.4 cm³/mol. The summed E-state index contributed by atoms with van der Waals surface area (Å²) in [6.45, 7) is 0.0681. The maximum atomic E-state index is 10.9. The summed E-state index contributed by atoms with van der Waals surface area (Å²) in [6, 6.07) is 5.08. The van der Waals surface area contributed by atoms with Crippen LogP contribution in [0.1, 0.15) is 11.5 Å². The molecular formula is C10H10N2O3. The summed E-state index contributed by atoms with van der Waals surface area (Å²) in [6.07, 6.45) is 1.33. The van der Waals surface area contributed by atoms with E-state index in [1.54, 1.807) is 18.2 Å². The summed E-state index contributed by atoms with van der Waals surface area (Å²) < 4.78 is 5.06. The molecular weight excluding hydrogens is 196 g/mol. The number of hydrogen-bond acceptors (Lipinski definition) is 4. The largest absolute Gasteiger partial charge is 0.481 e. The maximum absolute atomic E-state index is 10.9. The topological polar surface area (TPSA) is 89.4 Å². The van der Waals surface area contributed by atoms with Gasteiger partial charge in [-0.3, -0.25) is 4.79 Å². The zero-order valence-corrected chi connectivity index (χ0v) is 7.88. The molecule has 3 N–H and O–H groups in total.